The quantitative estimate of drug-likeness (QED) is 0.882. The largest absolute Gasteiger partial charge is 0.367 e. The molecule has 1 aliphatic rings. The molecule has 1 aromatic heterocycles. The Labute approximate surface area is 141 Å². The minimum absolute atomic E-state index is 0.173. The number of hydrogen-bond donors (Lipinski definition) is 1. The number of aryl methyl sites for hydroxylation is 1. The molecule has 2 aromatic rings. The molecule has 6 nitrogen and oxygen atoms in total. The van der Waals surface area contributed by atoms with Gasteiger partial charge < -0.3 is 14.6 Å². The molecule has 1 N–H and O–H groups in total. The molecular formula is C18H23N3O3. The molecule has 0 aliphatic heterocycles. The van der Waals surface area contributed by atoms with Crippen molar-refractivity contribution in [3.05, 3.63) is 47.6 Å². The highest BCUT2D eigenvalue weighted by molar-refractivity contribution is 5.83. The number of hydrogen-bond acceptors (Lipinski definition) is 5. The van der Waals surface area contributed by atoms with Crippen LogP contribution in [0, 0.1) is 0 Å². The van der Waals surface area contributed by atoms with Gasteiger partial charge in [0.1, 0.15) is 5.54 Å². The van der Waals surface area contributed by atoms with E-state index in [0.717, 1.165) is 31.2 Å². The standard InChI is InChI=1S/C18H23N3O3/c1-3-14-19-17(21-24-14)18(11-7-8-12-18)20-16(22)15(23-2)13-9-5-4-6-10-13/h4-6,9-10,15H,3,7-8,11-12H2,1-2H3,(H,20,22)/t15-/m1/s1. The number of amides is 1. The predicted molar refractivity (Wildman–Crippen MR) is 88.2 cm³/mol. The summed E-state index contributed by atoms with van der Waals surface area (Å²) < 4.78 is 10.7. The van der Waals surface area contributed by atoms with Gasteiger partial charge in [-0.3, -0.25) is 4.79 Å². The Balaban J connectivity index is 1.84. The third-order valence-corrected chi connectivity index (χ3v) is 4.59. The molecule has 6 heteroatoms. The maximum absolute atomic E-state index is 12.9. The van der Waals surface area contributed by atoms with Gasteiger partial charge in [-0.05, 0) is 18.4 Å². The highest BCUT2D eigenvalue weighted by Crippen LogP contribution is 2.38. The first-order chi connectivity index (χ1) is 11.7. The third kappa shape index (κ3) is 3.19. The SMILES string of the molecule is CCc1nc(C2(NC(=O)[C@H](OC)c3ccccc3)CCCC2)no1. The number of aromatic nitrogens is 2. The molecule has 3 rings (SSSR count). The molecule has 0 unspecified atom stereocenters. The van der Waals surface area contributed by atoms with Gasteiger partial charge in [0, 0.05) is 13.5 Å². The number of benzene rings is 1. The first kappa shape index (κ1) is 16.6. The number of carbonyl (C=O) groups is 1. The zero-order valence-electron chi connectivity index (χ0n) is 14.1. The Bertz CT molecular complexity index is 678. The number of rotatable bonds is 6. The second-order valence-electron chi connectivity index (χ2n) is 6.17. The van der Waals surface area contributed by atoms with E-state index in [1.165, 1.54) is 0 Å². The molecule has 24 heavy (non-hydrogen) atoms. The van der Waals surface area contributed by atoms with Crippen molar-refractivity contribution < 1.29 is 14.1 Å². The fraction of sp³-hybridized carbons (Fsp3) is 0.500. The van der Waals surface area contributed by atoms with Gasteiger partial charge in [0.05, 0.1) is 0 Å². The van der Waals surface area contributed by atoms with Crippen molar-refractivity contribution in [1.29, 1.82) is 0 Å². The second kappa shape index (κ2) is 7.13. The van der Waals surface area contributed by atoms with Crippen molar-refractivity contribution in [2.75, 3.05) is 7.11 Å². The van der Waals surface area contributed by atoms with Crippen LogP contribution in [0.2, 0.25) is 0 Å². The van der Waals surface area contributed by atoms with Crippen LogP contribution in [0.3, 0.4) is 0 Å². The Kier molecular flexibility index (Phi) is 4.94. The zero-order chi connectivity index (χ0) is 17.0. The lowest BCUT2D eigenvalue weighted by Gasteiger charge is -2.29. The van der Waals surface area contributed by atoms with Crippen molar-refractivity contribution in [3.8, 4) is 0 Å². The summed E-state index contributed by atoms with van der Waals surface area (Å²) in [5.74, 6) is 0.999. The van der Waals surface area contributed by atoms with Gasteiger partial charge in [-0.25, -0.2) is 0 Å². The number of ether oxygens (including phenoxy) is 1. The number of methoxy groups -OCH3 is 1. The predicted octanol–water partition coefficient (Wildman–Crippen LogP) is 2.91. The van der Waals surface area contributed by atoms with E-state index in [4.69, 9.17) is 9.26 Å². The van der Waals surface area contributed by atoms with E-state index in [2.05, 4.69) is 15.5 Å². The van der Waals surface area contributed by atoms with Crippen molar-refractivity contribution in [2.45, 2.75) is 50.7 Å². The minimum atomic E-state index is -0.652. The molecule has 0 radical (unpaired) electrons. The van der Waals surface area contributed by atoms with E-state index >= 15 is 0 Å². The lowest BCUT2D eigenvalue weighted by atomic mass is 9.95. The summed E-state index contributed by atoms with van der Waals surface area (Å²) in [6, 6.07) is 9.48. The fourth-order valence-electron chi connectivity index (χ4n) is 3.30. The van der Waals surface area contributed by atoms with Crippen LogP contribution in [0.5, 0.6) is 0 Å². The van der Waals surface area contributed by atoms with Crippen LogP contribution in [-0.2, 0) is 21.5 Å². The van der Waals surface area contributed by atoms with Crippen molar-refractivity contribution in [1.82, 2.24) is 15.5 Å². The monoisotopic (exact) mass is 329 g/mol. The van der Waals surface area contributed by atoms with Crippen LogP contribution in [0.1, 0.15) is 56.0 Å². The van der Waals surface area contributed by atoms with Crippen molar-refractivity contribution in [3.63, 3.8) is 0 Å². The van der Waals surface area contributed by atoms with Gasteiger partial charge in [0.25, 0.3) is 5.91 Å². The van der Waals surface area contributed by atoms with Crippen molar-refractivity contribution in [2.24, 2.45) is 0 Å². The van der Waals surface area contributed by atoms with Crippen LogP contribution >= 0.6 is 0 Å². The summed E-state index contributed by atoms with van der Waals surface area (Å²) in [4.78, 5) is 17.3. The van der Waals surface area contributed by atoms with Gasteiger partial charge in [0.2, 0.25) is 5.89 Å². The van der Waals surface area contributed by atoms with Gasteiger partial charge >= 0.3 is 0 Å². The van der Waals surface area contributed by atoms with Gasteiger partial charge in [0.15, 0.2) is 11.9 Å². The smallest absolute Gasteiger partial charge is 0.254 e. The van der Waals surface area contributed by atoms with Crippen LogP contribution in [-0.4, -0.2) is 23.2 Å². The molecule has 0 spiro atoms. The number of nitrogens with zero attached hydrogens (tertiary/aromatic N) is 2. The Morgan fingerprint density at radius 3 is 2.62 bits per heavy atom. The third-order valence-electron chi connectivity index (χ3n) is 4.59. The molecule has 1 saturated carbocycles. The average Bonchev–Trinajstić information content (AvgIpc) is 3.26. The van der Waals surface area contributed by atoms with Gasteiger partial charge in [-0.15, -0.1) is 0 Å². The molecule has 128 valence electrons. The van der Waals surface area contributed by atoms with E-state index in [9.17, 15) is 4.79 Å². The summed E-state index contributed by atoms with van der Waals surface area (Å²) in [7, 11) is 1.54. The molecule has 0 bridgehead atoms. The molecule has 1 amide bonds. The topological polar surface area (TPSA) is 77.2 Å². The lowest BCUT2D eigenvalue weighted by Crippen LogP contribution is -2.47. The molecule has 1 atom stereocenters. The normalized spacial score (nSPS) is 17.6. The van der Waals surface area contributed by atoms with Crippen LogP contribution in [0.4, 0.5) is 0 Å². The highest BCUT2D eigenvalue weighted by atomic mass is 16.5. The molecular weight excluding hydrogens is 306 g/mol. The second-order valence-corrected chi connectivity index (χ2v) is 6.17. The van der Waals surface area contributed by atoms with Crippen LogP contribution < -0.4 is 5.32 Å². The Hall–Kier alpha value is -2.21. The van der Waals surface area contributed by atoms with Crippen LogP contribution in [0.25, 0.3) is 0 Å². The van der Waals surface area contributed by atoms with Crippen LogP contribution in [0.15, 0.2) is 34.9 Å². The van der Waals surface area contributed by atoms with Gasteiger partial charge in [-0.1, -0.05) is 55.3 Å². The number of nitrogens with one attached hydrogen (secondary N) is 1. The molecule has 1 aliphatic carbocycles. The first-order valence-corrected chi connectivity index (χ1v) is 8.41. The molecule has 0 saturated heterocycles. The average molecular weight is 329 g/mol. The van der Waals surface area contributed by atoms with E-state index in [0.29, 0.717) is 18.1 Å². The molecule has 1 aromatic carbocycles. The van der Waals surface area contributed by atoms with Gasteiger partial charge in [-0.2, -0.15) is 4.98 Å². The lowest BCUT2D eigenvalue weighted by molar-refractivity contribution is -0.133. The summed E-state index contributed by atoms with van der Waals surface area (Å²) in [6.45, 7) is 1.97. The number of carbonyl (C=O) groups excluding carboxylic acids is 1. The minimum Gasteiger partial charge on any atom is -0.367 e. The summed E-state index contributed by atoms with van der Waals surface area (Å²) in [6.07, 6.45) is 3.71. The molecule has 1 heterocycles. The Morgan fingerprint density at radius 1 is 1.33 bits per heavy atom. The molecule has 1 fully saturated rings. The zero-order valence-corrected chi connectivity index (χ0v) is 14.1. The summed E-state index contributed by atoms with van der Waals surface area (Å²) in [5.41, 5.74) is 0.271. The van der Waals surface area contributed by atoms with E-state index in [1.807, 2.05) is 37.3 Å². The van der Waals surface area contributed by atoms with Crippen molar-refractivity contribution >= 4 is 5.91 Å². The van der Waals surface area contributed by atoms with E-state index in [1.54, 1.807) is 7.11 Å². The Morgan fingerprint density at radius 2 is 2.04 bits per heavy atom. The summed E-state index contributed by atoms with van der Waals surface area (Å²) in [5, 5.41) is 7.26. The maximum Gasteiger partial charge on any atom is 0.254 e. The first-order valence-electron chi connectivity index (χ1n) is 8.41. The summed E-state index contributed by atoms with van der Waals surface area (Å²) >= 11 is 0. The highest BCUT2D eigenvalue weighted by Gasteiger charge is 2.42. The fourth-order valence-corrected chi connectivity index (χ4v) is 3.30. The van der Waals surface area contributed by atoms with E-state index in [-0.39, 0.29) is 5.91 Å². The maximum atomic E-state index is 12.9. The van der Waals surface area contributed by atoms with E-state index < -0.39 is 11.6 Å².